The predicted molar refractivity (Wildman–Crippen MR) is 128 cm³/mol. The highest BCUT2D eigenvalue weighted by Crippen LogP contribution is 2.21. The van der Waals surface area contributed by atoms with E-state index < -0.39 is 32.1 Å². The van der Waals surface area contributed by atoms with E-state index in [9.17, 15) is 21.6 Å². The van der Waals surface area contributed by atoms with Gasteiger partial charge in [-0.15, -0.1) is 0 Å². The Morgan fingerprint density at radius 2 is 1.06 bits per heavy atom. The van der Waals surface area contributed by atoms with E-state index in [0.717, 1.165) is 11.1 Å². The third-order valence-corrected chi connectivity index (χ3v) is 10.0. The monoisotopic (exact) mass is 506 g/mol. The van der Waals surface area contributed by atoms with Gasteiger partial charge in [-0.25, -0.2) is 16.8 Å². The fourth-order valence-electron chi connectivity index (χ4n) is 4.23. The molecule has 2 aromatic rings. The zero-order valence-corrected chi connectivity index (χ0v) is 20.9. The molecule has 0 spiro atoms. The number of hydrogen-bond acceptors (Lipinski definition) is 7. The zero-order valence-electron chi connectivity index (χ0n) is 19.3. The van der Waals surface area contributed by atoms with Crippen LogP contribution in [0.25, 0.3) is 0 Å². The normalized spacial score (nSPS) is 23.0. The molecule has 2 aliphatic rings. The molecule has 2 atom stereocenters. The summed E-state index contributed by atoms with van der Waals surface area (Å²) in [5.74, 6) is -0.243. The molecule has 34 heavy (non-hydrogen) atoms. The molecule has 2 aliphatic heterocycles. The van der Waals surface area contributed by atoms with Crippen LogP contribution in [0.2, 0.25) is 0 Å². The molecule has 2 heterocycles. The maximum absolute atomic E-state index is 13.3. The molecular weight excluding hydrogens is 476 g/mol. The van der Waals surface area contributed by atoms with Gasteiger partial charge in [0.05, 0.1) is 21.9 Å². The molecule has 2 fully saturated rings. The summed E-state index contributed by atoms with van der Waals surface area (Å²) in [7, 11) is -7.47. The van der Waals surface area contributed by atoms with Gasteiger partial charge in [0.15, 0.2) is 5.78 Å². The van der Waals surface area contributed by atoms with Crippen LogP contribution in [0.15, 0.2) is 58.3 Å². The number of carbonyl (C=O) groups excluding carboxylic acids is 1. The third kappa shape index (κ3) is 5.09. The number of nitrogens with one attached hydrogen (secondary N) is 2. The Morgan fingerprint density at radius 1 is 0.706 bits per heavy atom. The number of piperazine rings is 2. The molecule has 2 aromatic carbocycles. The van der Waals surface area contributed by atoms with Crippen molar-refractivity contribution in [2.45, 2.75) is 35.7 Å². The summed E-state index contributed by atoms with van der Waals surface area (Å²) in [5.41, 5.74) is 1.92. The van der Waals surface area contributed by atoms with Crippen molar-refractivity contribution in [3.8, 4) is 0 Å². The second-order valence-corrected chi connectivity index (χ2v) is 12.6. The van der Waals surface area contributed by atoms with Crippen molar-refractivity contribution in [2.75, 3.05) is 39.3 Å². The van der Waals surface area contributed by atoms with E-state index in [1.807, 2.05) is 13.8 Å². The smallest absolute Gasteiger partial charge is 0.243 e. The van der Waals surface area contributed by atoms with Gasteiger partial charge < -0.3 is 10.6 Å². The Balaban J connectivity index is 1.47. The maximum Gasteiger partial charge on any atom is 0.243 e. The summed E-state index contributed by atoms with van der Waals surface area (Å²) in [6.07, 6.45) is 0. The van der Waals surface area contributed by atoms with E-state index in [4.69, 9.17) is 0 Å². The summed E-state index contributed by atoms with van der Waals surface area (Å²) in [5, 5.41) is 6.21. The second kappa shape index (κ2) is 9.84. The van der Waals surface area contributed by atoms with Crippen LogP contribution in [-0.2, 0) is 24.8 Å². The van der Waals surface area contributed by atoms with Gasteiger partial charge in [-0.05, 0) is 38.1 Å². The lowest BCUT2D eigenvalue weighted by Crippen LogP contribution is -2.63. The molecule has 4 rings (SSSR count). The van der Waals surface area contributed by atoms with Crippen LogP contribution in [0.4, 0.5) is 0 Å². The van der Waals surface area contributed by atoms with Gasteiger partial charge in [0.2, 0.25) is 20.0 Å². The lowest BCUT2D eigenvalue weighted by Gasteiger charge is -2.37. The van der Waals surface area contributed by atoms with E-state index in [1.165, 1.54) is 8.61 Å². The fourth-order valence-corrected chi connectivity index (χ4v) is 7.14. The molecule has 11 heteroatoms. The molecule has 2 saturated heterocycles. The number of Topliss-reactive ketones (excluding diaryl/α,β-unsaturated/α-hetero) is 1. The van der Waals surface area contributed by atoms with Crippen LogP contribution in [-0.4, -0.2) is 82.6 Å². The first-order valence-corrected chi connectivity index (χ1v) is 14.1. The van der Waals surface area contributed by atoms with Crippen LogP contribution < -0.4 is 10.6 Å². The Labute approximate surface area is 201 Å². The fraction of sp³-hybridized carbons (Fsp3) is 0.435. The number of aryl methyl sites for hydroxylation is 2. The molecule has 0 aromatic heterocycles. The average Bonchev–Trinajstić information content (AvgIpc) is 2.84. The highest BCUT2D eigenvalue weighted by molar-refractivity contribution is 7.89. The highest BCUT2D eigenvalue weighted by atomic mass is 32.2. The molecule has 9 nitrogen and oxygen atoms in total. The summed E-state index contributed by atoms with van der Waals surface area (Å²) in [4.78, 5) is 13.7. The molecule has 0 radical (unpaired) electrons. The standard InChI is InChI=1S/C23H30N4O5S2/c1-17-3-7-19(8-4-17)33(29,30)26-13-11-24-21(15-26)23(28)22-16-27(14-12-25-22)34(31,32)20-9-5-18(2)6-10-20/h3-10,21-22,24-25H,11-16H2,1-2H3. The van der Waals surface area contributed by atoms with E-state index in [1.54, 1.807) is 48.5 Å². The summed E-state index contributed by atoms with van der Waals surface area (Å²) < 4.78 is 55.0. The maximum atomic E-state index is 13.3. The Morgan fingerprint density at radius 3 is 1.41 bits per heavy atom. The number of benzene rings is 2. The zero-order chi connectivity index (χ0) is 24.5. The Bertz CT molecular complexity index is 1150. The van der Waals surface area contributed by atoms with E-state index in [2.05, 4.69) is 10.6 Å². The molecule has 0 bridgehead atoms. The lowest BCUT2D eigenvalue weighted by atomic mass is 10.0. The molecule has 0 aliphatic carbocycles. The van der Waals surface area contributed by atoms with Crippen molar-refractivity contribution in [1.82, 2.24) is 19.2 Å². The van der Waals surface area contributed by atoms with E-state index in [-0.39, 0.29) is 41.8 Å². The van der Waals surface area contributed by atoms with Crippen molar-refractivity contribution < 1.29 is 21.6 Å². The number of rotatable bonds is 6. The Kier molecular flexibility index (Phi) is 7.22. The van der Waals surface area contributed by atoms with Crippen LogP contribution in [0.1, 0.15) is 11.1 Å². The van der Waals surface area contributed by atoms with Crippen molar-refractivity contribution in [3.05, 3.63) is 59.7 Å². The van der Waals surface area contributed by atoms with Crippen LogP contribution in [0.3, 0.4) is 0 Å². The van der Waals surface area contributed by atoms with E-state index >= 15 is 0 Å². The minimum Gasteiger partial charge on any atom is -0.305 e. The third-order valence-electron chi connectivity index (χ3n) is 6.28. The topological polar surface area (TPSA) is 116 Å². The number of sulfonamides is 2. The van der Waals surface area contributed by atoms with Crippen molar-refractivity contribution >= 4 is 25.8 Å². The largest absolute Gasteiger partial charge is 0.305 e. The van der Waals surface area contributed by atoms with Crippen LogP contribution >= 0.6 is 0 Å². The molecule has 0 saturated carbocycles. The number of hydrogen-bond donors (Lipinski definition) is 2. The van der Waals surface area contributed by atoms with E-state index in [0.29, 0.717) is 13.1 Å². The van der Waals surface area contributed by atoms with Gasteiger partial charge in [-0.1, -0.05) is 35.4 Å². The minimum atomic E-state index is -3.74. The number of nitrogens with zero attached hydrogens (tertiary/aromatic N) is 2. The van der Waals surface area contributed by atoms with Gasteiger partial charge in [-0.3, -0.25) is 4.79 Å². The highest BCUT2D eigenvalue weighted by Gasteiger charge is 2.39. The van der Waals surface area contributed by atoms with Gasteiger partial charge in [0.1, 0.15) is 0 Å². The van der Waals surface area contributed by atoms with Crippen molar-refractivity contribution in [1.29, 1.82) is 0 Å². The summed E-state index contributed by atoms with van der Waals surface area (Å²) in [6.45, 7) is 4.94. The van der Waals surface area contributed by atoms with Gasteiger partial charge in [-0.2, -0.15) is 8.61 Å². The lowest BCUT2D eigenvalue weighted by molar-refractivity contribution is -0.124. The van der Waals surface area contributed by atoms with Crippen molar-refractivity contribution in [2.24, 2.45) is 0 Å². The van der Waals surface area contributed by atoms with Crippen LogP contribution in [0.5, 0.6) is 0 Å². The van der Waals surface area contributed by atoms with Gasteiger partial charge in [0, 0.05) is 39.3 Å². The SMILES string of the molecule is Cc1ccc(S(=O)(=O)N2CCNC(C(=O)C3CN(S(=O)(=O)c4ccc(C)cc4)CCN3)C2)cc1. The molecule has 2 unspecified atom stereocenters. The first-order valence-electron chi connectivity index (χ1n) is 11.2. The predicted octanol–water partition coefficient (Wildman–Crippen LogP) is 0.498. The minimum absolute atomic E-state index is 0.00205. The average molecular weight is 507 g/mol. The number of ketones is 1. The summed E-state index contributed by atoms with van der Waals surface area (Å²) >= 11 is 0. The molecular formula is C23H30N4O5S2. The van der Waals surface area contributed by atoms with Crippen molar-refractivity contribution in [3.63, 3.8) is 0 Å². The molecule has 0 amide bonds. The summed E-state index contributed by atoms with van der Waals surface area (Å²) in [6, 6.07) is 11.8. The molecule has 2 N–H and O–H groups in total. The number of carbonyl (C=O) groups is 1. The van der Waals surface area contributed by atoms with Gasteiger partial charge in [0.25, 0.3) is 0 Å². The molecule has 184 valence electrons. The Hall–Kier alpha value is -2.15. The first kappa shape index (κ1) is 25.0. The van der Waals surface area contributed by atoms with Crippen LogP contribution in [0, 0.1) is 13.8 Å². The first-order chi connectivity index (χ1) is 16.1. The quantitative estimate of drug-likeness (QED) is 0.586. The van der Waals surface area contributed by atoms with Gasteiger partial charge >= 0.3 is 0 Å². The second-order valence-electron chi connectivity index (χ2n) is 8.77.